The van der Waals surface area contributed by atoms with Crippen molar-refractivity contribution in [3.63, 3.8) is 0 Å². The molecule has 4 aliphatic rings. The highest BCUT2D eigenvalue weighted by Gasteiger charge is 2.57. The fourth-order valence-corrected chi connectivity index (χ4v) is 5.54. The summed E-state index contributed by atoms with van der Waals surface area (Å²) in [7, 11) is 0. The Morgan fingerprint density at radius 1 is 1.00 bits per heavy atom. The molecule has 0 amide bonds. The van der Waals surface area contributed by atoms with Gasteiger partial charge >= 0.3 is 0 Å². The van der Waals surface area contributed by atoms with E-state index in [0.29, 0.717) is 18.6 Å². The molecule has 4 saturated carbocycles. The molecule has 2 N–H and O–H groups in total. The van der Waals surface area contributed by atoms with Crippen LogP contribution in [0, 0.1) is 17.3 Å². The van der Waals surface area contributed by atoms with Crippen LogP contribution < -0.4 is 0 Å². The maximum atomic E-state index is 9.11. The average molecular weight is 254 g/mol. The van der Waals surface area contributed by atoms with Crippen LogP contribution in [-0.2, 0) is 4.74 Å². The second kappa shape index (κ2) is 4.77. The van der Waals surface area contributed by atoms with Crippen molar-refractivity contribution in [2.75, 3.05) is 19.8 Å². The van der Waals surface area contributed by atoms with Gasteiger partial charge in [0.15, 0.2) is 0 Å². The molecule has 0 heterocycles. The van der Waals surface area contributed by atoms with Crippen LogP contribution >= 0.6 is 0 Å². The minimum Gasteiger partial charge on any atom is -0.396 e. The maximum Gasteiger partial charge on any atom is 0.0705 e. The lowest BCUT2D eigenvalue weighted by Gasteiger charge is -2.62. The fourth-order valence-electron chi connectivity index (χ4n) is 5.54. The predicted octanol–water partition coefficient (Wildman–Crippen LogP) is 2.11. The van der Waals surface area contributed by atoms with Gasteiger partial charge in [0.25, 0.3) is 0 Å². The van der Waals surface area contributed by atoms with Crippen molar-refractivity contribution in [3.05, 3.63) is 0 Å². The lowest BCUT2D eigenvalue weighted by atomic mass is 9.47. The molecule has 0 saturated heterocycles. The van der Waals surface area contributed by atoms with Crippen LogP contribution in [0.5, 0.6) is 0 Å². The van der Waals surface area contributed by atoms with Gasteiger partial charge in [0, 0.05) is 6.61 Å². The summed E-state index contributed by atoms with van der Waals surface area (Å²) in [6, 6.07) is 0. The molecule has 0 aliphatic heterocycles. The first-order valence-electron chi connectivity index (χ1n) is 7.55. The summed E-state index contributed by atoms with van der Waals surface area (Å²) in [5.74, 6) is 1.67. The van der Waals surface area contributed by atoms with Crippen LogP contribution in [0.4, 0.5) is 0 Å². The number of ether oxygens (including phenoxy) is 1. The zero-order chi connectivity index (χ0) is 12.6. The van der Waals surface area contributed by atoms with E-state index in [9.17, 15) is 0 Å². The normalized spacial score (nSPS) is 45.7. The SMILES string of the molecule is OCCCC12CC3CC(C1)CC(OCCO)(C3)C2. The molecule has 0 aromatic heterocycles. The summed E-state index contributed by atoms with van der Waals surface area (Å²) >= 11 is 0. The number of rotatable bonds is 6. The zero-order valence-electron chi connectivity index (χ0n) is 11.2. The van der Waals surface area contributed by atoms with Gasteiger partial charge < -0.3 is 14.9 Å². The number of aliphatic hydroxyl groups is 2. The van der Waals surface area contributed by atoms with Crippen molar-refractivity contribution in [1.82, 2.24) is 0 Å². The molecule has 0 aromatic rings. The minimum absolute atomic E-state index is 0.0717. The van der Waals surface area contributed by atoms with Crippen molar-refractivity contribution in [3.8, 4) is 0 Å². The van der Waals surface area contributed by atoms with Gasteiger partial charge in [0.1, 0.15) is 0 Å². The fraction of sp³-hybridized carbons (Fsp3) is 1.00. The summed E-state index contributed by atoms with van der Waals surface area (Å²) in [5.41, 5.74) is 0.518. The number of hydrogen-bond donors (Lipinski definition) is 2. The molecule has 0 radical (unpaired) electrons. The van der Waals surface area contributed by atoms with Gasteiger partial charge in [-0.15, -0.1) is 0 Å². The molecule has 4 fully saturated rings. The van der Waals surface area contributed by atoms with Crippen LogP contribution in [-0.4, -0.2) is 35.6 Å². The molecule has 2 atom stereocenters. The molecule has 2 unspecified atom stereocenters. The van der Waals surface area contributed by atoms with Gasteiger partial charge in [-0.25, -0.2) is 0 Å². The van der Waals surface area contributed by atoms with Gasteiger partial charge in [-0.1, -0.05) is 0 Å². The molecule has 3 nitrogen and oxygen atoms in total. The van der Waals surface area contributed by atoms with E-state index in [4.69, 9.17) is 14.9 Å². The summed E-state index contributed by atoms with van der Waals surface area (Å²) in [6.07, 6.45) is 9.81. The van der Waals surface area contributed by atoms with Gasteiger partial charge in [-0.3, -0.25) is 0 Å². The molecule has 0 aromatic carbocycles. The van der Waals surface area contributed by atoms with Gasteiger partial charge in [0.2, 0.25) is 0 Å². The second-order valence-electron chi connectivity index (χ2n) is 7.04. The predicted molar refractivity (Wildman–Crippen MR) is 69.2 cm³/mol. The van der Waals surface area contributed by atoms with Crippen molar-refractivity contribution < 1.29 is 14.9 Å². The third kappa shape index (κ3) is 2.21. The Labute approximate surface area is 110 Å². The van der Waals surface area contributed by atoms with Crippen LogP contribution in [0.15, 0.2) is 0 Å². The summed E-state index contributed by atoms with van der Waals surface area (Å²) in [5, 5.41) is 18.1. The molecule has 4 bridgehead atoms. The second-order valence-corrected chi connectivity index (χ2v) is 7.04. The molecule has 18 heavy (non-hydrogen) atoms. The monoisotopic (exact) mass is 254 g/mol. The Bertz CT molecular complexity index is 262. The van der Waals surface area contributed by atoms with Crippen molar-refractivity contribution >= 4 is 0 Å². The Morgan fingerprint density at radius 3 is 2.33 bits per heavy atom. The number of aliphatic hydroxyl groups excluding tert-OH is 2. The molecular weight excluding hydrogens is 228 g/mol. The molecule has 4 rings (SSSR count). The third-order valence-electron chi connectivity index (χ3n) is 5.49. The van der Waals surface area contributed by atoms with E-state index in [1.807, 2.05) is 0 Å². The van der Waals surface area contributed by atoms with E-state index >= 15 is 0 Å². The zero-order valence-corrected chi connectivity index (χ0v) is 11.2. The van der Waals surface area contributed by atoms with Crippen LogP contribution in [0.2, 0.25) is 0 Å². The van der Waals surface area contributed by atoms with Crippen molar-refractivity contribution in [2.24, 2.45) is 17.3 Å². The highest BCUT2D eigenvalue weighted by molar-refractivity contribution is 5.09. The Balaban J connectivity index is 1.75. The third-order valence-corrected chi connectivity index (χ3v) is 5.49. The lowest BCUT2D eigenvalue weighted by Crippen LogP contribution is -2.57. The Kier molecular flexibility index (Phi) is 3.41. The van der Waals surface area contributed by atoms with E-state index in [-0.39, 0.29) is 12.2 Å². The quantitative estimate of drug-likeness (QED) is 0.763. The van der Waals surface area contributed by atoms with Crippen molar-refractivity contribution in [1.29, 1.82) is 0 Å². The smallest absolute Gasteiger partial charge is 0.0705 e. The van der Waals surface area contributed by atoms with E-state index in [1.54, 1.807) is 0 Å². The molecule has 3 heteroatoms. The van der Waals surface area contributed by atoms with Crippen LogP contribution in [0.1, 0.15) is 51.4 Å². The minimum atomic E-state index is 0.0717. The first-order chi connectivity index (χ1) is 8.69. The summed E-state index contributed by atoms with van der Waals surface area (Å²) in [6.45, 7) is 0.956. The topological polar surface area (TPSA) is 49.7 Å². The van der Waals surface area contributed by atoms with E-state index in [0.717, 1.165) is 18.3 Å². The Hall–Kier alpha value is -0.120. The molecular formula is C15H26O3. The van der Waals surface area contributed by atoms with E-state index in [1.165, 1.54) is 44.9 Å². The van der Waals surface area contributed by atoms with Crippen molar-refractivity contribution in [2.45, 2.75) is 57.0 Å². The molecule has 104 valence electrons. The van der Waals surface area contributed by atoms with Gasteiger partial charge in [-0.2, -0.15) is 0 Å². The summed E-state index contributed by atoms with van der Waals surface area (Å²) in [4.78, 5) is 0. The van der Waals surface area contributed by atoms with Gasteiger partial charge in [0.05, 0.1) is 18.8 Å². The first-order valence-corrected chi connectivity index (χ1v) is 7.55. The largest absolute Gasteiger partial charge is 0.396 e. The molecule has 4 aliphatic carbocycles. The van der Waals surface area contributed by atoms with Crippen LogP contribution in [0.25, 0.3) is 0 Å². The lowest BCUT2D eigenvalue weighted by molar-refractivity contribution is -0.198. The standard InChI is InChI=1S/C15H26O3/c16-3-1-2-14-7-12-6-13(8-14)10-15(9-12,11-14)18-5-4-17/h12-13,16-17H,1-11H2. The summed E-state index contributed by atoms with van der Waals surface area (Å²) < 4.78 is 6.08. The highest BCUT2D eigenvalue weighted by atomic mass is 16.5. The molecule has 0 spiro atoms. The first kappa shape index (κ1) is 12.9. The highest BCUT2D eigenvalue weighted by Crippen LogP contribution is 2.64. The van der Waals surface area contributed by atoms with Crippen LogP contribution in [0.3, 0.4) is 0 Å². The van der Waals surface area contributed by atoms with E-state index in [2.05, 4.69) is 0 Å². The number of hydrogen-bond acceptors (Lipinski definition) is 3. The Morgan fingerprint density at radius 2 is 1.72 bits per heavy atom. The maximum absolute atomic E-state index is 9.11. The van der Waals surface area contributed by atoms with E-state index < -0.39 is 0 Å². The van der Waals surface area contributed by atoms with Gasteiger partial charge in [-0.05, 0) is 68.6 Å². The average Bonchev–Trinajstić information content (AvgIpc) is 2.32.